The van der Waals surface area contributed by atoms with E-state index in [9.17, 15) is 0 Å². The molecule has 0 radical (unpaired) electrons. The fourth-order valence-corrected chi connectivity index (χ4v) is 11.2. The van der Waals surface area contributed by atoms with Crippen molar-refractivity contribution in [3.8, 4) is 0 Å². The summed E-state index contributed by atoms with van der Waals surface area (Å²) in [4.78, 5) is 0. The molecule has 0 spiro atoms. The Morgan fingerprint density at radius 1 is 0.306 bits per heavy atom. The van der Waals surface area contributed by atoms with Crippen molar-refractivity contribution in [3.05, 3.63) is 0 Å². The van der Waals surface area contributed by atoms with Gasteiger partial charge in [-0.2, -0.15) is 0 Å². The van der Waals surface area contributed by atoms with Gasteiger partial charge in [0.15, 0.2) is 0 Å². The van der Waals surface area contributed by atoms with Gasteiger partial charge in [-0.15, -0.1) is 0 Å². The third-order valence-electron chi connectivity index (χ3n) is 4.70. The Kier molecular flexibility index (Phi) is 26.0. The summed E-state index contributed by atoms with van der Waals surface area (Å²) >= 11 is -5.46. The van der Waals surface area contributed by atoms with Gasteiger partial charge in [0.05, 0.1) is 0 Å². The Hall–Kier alpha value is 0.418. The van der Waals surface area contributed by atoms with Gasteiger partial charge in [-0.05, 0) is 0 Å². The number of rotatable bonds is 30. The van der Waals surface area contributed by atoms with E-state index in [0.717, 1.165) is 0 Å². The molecule has 10 nitrogen and oxygen atoms in total. The summed E-state index contributed by atoms with van der Waals surface area (Å²) < 4.78 is 59.8. The summed E-state index contributed by atoms with van der Waals surface area (Å²) in [5.74, 6) is 0. The van der Waals surface area contributed by atoms with Crippen LogP contribution < -0.4 is 0 Å². The van der Waals surface area contributed by atoms with Crippen LogP contribution in [0, 0.1) is 0 Å². The number of ether oxygens (including phenoxy) is 5. The Bertz CT molecular complexity index is 360. The predicted molar refractivity (Wildman–Crippen MR) is 141 cm³/mol. The van der Waals surface area contributed by atoms with Crippen molar-refractivity contribution < 1.29 is 38.8 Å². The topological polar surface area (TPSA) is 92.3 Å². The van der Waals surface area contributed by atoms with Crippen LogP contribution in [0.3, 0.4) is 0 Å². The average Bonchev–Trinajstić information content (AvgIpc) is 2.88. The first-order valence-corrected chi connectivity index (χ1v) is 19.0. The van der Waals surface area contributed by atoms with Gasteiger partial charge >= 0.3 is 224 Å². The standard InChI is InChI=1S/5C5H11O2.Sb/c5*1-2-7-5-3-4-6;/h5*2-5H2,1H3;/q5*-1;+5. The van der Waals surface area contributed by atoms with Crippen LogP contribution >= 0.6 is 0 Å². The SMILES string of the molecule is CCOCCC[O][Sb]([O]CCCOCC)([O]CCCOCC)([O]CCCOCC)[O]CCCOCC. The van der Waals surface area contributed by atoms with Crippen LogP contribution in [0.25, 0.3) is 0 Å². The van der Waals surface area contributed by atoms with Crippen molar-refractivity contribution in [2.45, 2.75) is 66.7 Å². The minimum atomic E-state index is -5.46. The van der Waals surface area contributed by atoms with Gasteiger partial charge in [-0.1, -0.05) is 0 Å². The zero-order chi connectivity index (χ0) is 26.7. The molecule has 0 aromatic carbocycles. The average molecular weight is 637 g/mol. The first-order chi connectivity index (χ1) is 17.6. The van der Waals surface area contributed by atoms with Gasteiger partial charge in [0.2, 0.25) is 0 Å². The van der Waals surface area contributed by atoms with Crippen LogP contribution in [-0.2, 0) is 38.8 Å². The van der Waals surface area contributed by atoms with Crippen LogP contribution in [0.4, 0.5) is 0 Å². The van der Waals surface area contributed by atoms with E-state index < -0.39 is 19.5 Å². The minimum absolute atomic E-state index is 0.343. The van der Waals surface area contributed by atoms with E-state index >= 15 is 0 Å². The molecule has 0 rings (SSSR count). The zero-order valence-electron chi connectivity index (χ0n) is 23.7. The van der Waals surface area contributed by atoms with Crippen molar-refractivity contribution in [3.63, 3.8) is 0 Å². The Balaban J connectivity index is 5.68. The predicted octanol–water partition coefficient (Wildman–Crippen LogP) is 4.09. The molecule has 0 saturated heterocycles. The molecule has 36 heavy (non-hydrogen) atoms. The number of hydrogen-bond acceptors (Lipinski definition) is 10. The van der Waals surface area contributed by atoms with Crippen molar-refractivity contribution in [1.29, 1.82) is 0 Å². The molecule has 0 aliphatic rings. The summed E-state index contributed by atoms with van der Waals surface area (Å²) in [5.41, 5.74) is 0. The molecule has 0 amide bonds. The molecule has 0 aromatic heterocycles. The molecule has 0 aromatic rings. The van der Waals surface area contributed by atoms with E-state index in [1.165, 1.54) is 0 Å². The molecule has 0 aliphatic heterocycles. The second kappa shape index (κ2) is 25.7. The van der Waals surface area contributed by atoms with Crippen molar-refractivity contribution in [2.24, 2.45) is 0 Å². The summed E-state index contributed by atoms with van der Waals surface area (Å²) in [6.45, 7) is 17.7. The fraction of sp³-hybridized carbons (Fsp3) is 1.00. The first kappa shape index (κ1) is 36.4. The van der Waals surface area contributed by atoms with Gasteiger partial charge in [0.1, 0.15) is 0 Å². The maximum absolute atomic E-state index is 6.46. The molecule has 0 aliphatic carbocycles. The van der Waals surface area contributed by atoms with Crippen LogP contribution in [0.2, 0.25) is 0 Å². The Morgan fingerprint density at radius 3 is 0.667 bits per heavy atom. The second-order valence-corrected chi connectivity index (χ2v) is 15.6. The number of hydrogen-bond donors (Lipinski definition) is 0. The van der Waals surface area contributed by atoms with Gasteiger partial charge < -0.3 is 0 Å². The zero-order valence-corrected chi connectivity index (χ0v) is 26.2. The van der Waals surface area contributed by atoms with E-state index in [4.69, 9.17) is 38.8 Å². The van der Waals surface area contributed by atoms with E-state index in [1.807, 2.05) is 34.6 Å². The van der Waals surface area contributed by atoms with Crippen LogP contribution in [0.5, 0.6) is 0 Å². The van der Waals surface area contributed by atoms with Crippen LogP contribution in [0.1, 0.15) is 66.7 Å². The fourth-order valence-electron chi connectivity index (χ4n) is 2.97. The molecule has 220 valence electrons. The van der Waals surface area contributed by atoms with Crippen LogP contribution in [0.15, 0.2) is 0 Å². The Morgan fingerprint density at radius 2 is 0.500 bits per heavy atom. The molecule has 0 unspecified atom stereocenters. The maximum atomic E-state index is 6.46. The summed E-state index contributed by atoms with van der Waals surface area (Å²) in [6, 6.07) is 0. The molecule has 0 atom stereocenters. The second-order valence-electron chi connectivity index (χ2n) is 7.66. The summed E-state index contributed by atoms with van der Waals surface area (Å²) in [6.07, 6.45) is 3.36. The third-order valence-corrected chi connectivity index (χ3v) is 13.3. The summed E-state index contributed by atoms with van der Waals surface area (Å²) in [7, 11) is 0. The molecule has 0 N–H and O–H groups in total. The van der Waals surface area contributed by atoms with E-state index in [1.54, 1.807) is 0 Å². The molecule has 0 saturated carbocycles. The monoisotopic (exact) mass is 636 g/mol. The molecule has 0 heterocycles. The quantitative estimate of drug-likeness (QED) is 0.0848. The van der Waals surface area contributed by atoms with Crippen molar-refractivity contribution in [2.75, 3.05) is 99.1 Å². The molecular formula is C25H55O10Sb. The van der Waals surface area contributed by atoms with Crippen molar-refractivity contribution in [1.82, 2.24) is 0 Å². The van der Waals surface area contributed by atoms with E-state index in [2.05, 4.69) is 0 Å². The van der Waals surface area contributed by atoms with E-state index in [0.29, 0.717) is 131 Å². The van der Waals surface area contributed by atoms with Gasteiger partial charge in [0, 0.05) is 0 Å². The van der Waals surface area contributed by atoms with Gasteiger partial charge in [0.25, 0.3) is 0 Å². The first-order valence-electron chi connectivity index (χ1n) is 13.8. The molecule has 0 bridgehead atoms. The van der Waals surface area contributed by atoms with Crippen LogP contribution in [-0.4, -0.2) is 119 Å². The van der Waals surface area contributed by atoms with Gasteiger partial charge in [-0.25, -0.2) is 0 Å². The van der Waals surface area contributed by atoms with Crippen molar-refractivity contribution >= 4 is 19.5 Å². The molecule has 11 heteroatoms. The third kappa shape index (κ3) is 18.6. The van der Waals surface area contributed by atoms with E-state index in [-0.39, 0.29) is 0 Å². The molecule has 0 fully saturated rings. The van der Waals surface area contributed by atoms with Gasteiger partial charge in [-0.3, -0.25) is 0 Å². The molecular weight excluding hydrogens is 582 g/mol. The Labute approximate surface area is 223 Å². The summed E-state index contributed by atoms with van der Waals surface area (Å²) in [5, 5.41) is 0. The normalized spacial score (nSPS) is 13.2.